The lowest BCUT2D eigenvalue weighted by Crippen LogP contribution is -2.33. The van der Waals surface area contributed by atoms with Crippen LogP contribution >= 0.6 is 27.3 Å². The van der Waals surface area contributed by atoms with Gasteiger partial charge in [-0.3, -0.25) is 4.79 Å². The maximum atomic E-state index is 11.8. The van der Waals surface area contributed by atoms with Crippen LogP contribution in [0.4, 0.5) is 0 Å². The van der Waals surface area contributed by atoms with Gasteiger partial charge in [0.05, 0.1) is 0 Å². The molecular weight excluding hydrogens is 320 g/mol. The highest BCUT2D eigenvalue weighted by molar-refractivity contribution is 9.10. The second kappa shape index (κ2) is 5.36. The third kappa shape index (κ3) is 2.80. The first-order chi connectivity index (χ1) is 8.58. The maximum Gasteiger partial charge on any atom is 0.331 e. The number of nitrogens with one attached hydrogen (secondary N) is 2. The summed E-state index contributed by atoms with van der Waals surface area (Å²) in [7, 11) is 0. The number of carboxylic acid groups (broad SMARTS) is 1. The zero-order chi connectivity index (χ0) is 13.1. The van der Waals surface area contributed by atoms with E-state index in [-0.39, 0.29) is 0 Å². The van der Waals surface area contributed by atoms with E-state index in [1.165, 1.54) is 11.3 Å². The predicted octanol–water partition coefficient (Wildman–Crippen LogP) is 2.39. The molecule has 2 rings (SSSR count). The number of hydrogen-bond acceptors (Lipinski definition) is 3. The number of thiophene rings is 1. The number of aliphatic carboxylic acids is 1. The van der Waals surface area contributed by atoms with Crippen molar-refractivity contribution in [3.63, 3.8) is 0 Å². The van der Waals surface area contributed by atoms with Crippen molar-refractivity contribution in [2.24, 2.45) is 0 Å². The second-order valence-corrected chi connectivity index (χ2v) is 5.39. The Morgan fingerprint density at radius 1 is 1.50 bits per heavy atom. The van der Waals surface area contributed by atoms with Gasteiger partial charge in [0, 0.05) is 15.5 Å². The number of amides is 1. The van der Waals surface area contributed by atoms with Crippen LogP contribution in [0.25, 0.3) is 0 Å². The molecule has 2 aromatic rings. The van der Waals surface area contributed by atoms with Gasteiger partial charge in [0.15, 0.2) is 6.04 Å². The molecule has 0 aliphatic carbocycles. The standard InChI is InChI=1S/C11H9BrN2O3S/c12-6-4-7(13-5-6)10(15)14-9(11(16)17)8-2-1-3-18-8/h1-5,9,13H,(H,14,15)(H,16,17). The van der Waals surface area contributed by atoms with E-state index < -0.39 is 17.9 Å². The van der Waals surface area contributed by atoms with Crippen molar-refractivity contribution in [1.82, 2.24) is 10.3 Å². The van der Waals surface area contributed by atoms with Gasteiger partial charge < -0.3 is 15.4 Å². The van der Waals surface area contributed by atoms with Crippen molar-refractivity contribution in [2.45, 2.75) is 6.04 Å². The Morgan fingerprint density at radius 2 is 2.28 bits per heavy atom. The van der Waals surface area contributed by atoms with Crippen molar-refractivity contribution in [2.75, 3.05) is 0 Å². The molecule has 7 heteroatoms. The van der Waals surface area contributed by atoms with Crippen LogP contribution in [-0.4, -0.2) is 22.0 Å². The fourth-order valence-electron chi connectivity index (χ4n) is 1.42. The fraction of sp³-hybridized carbons (Fsp3) is 0.0909. The summed E-state index contributed by atoms with van der Waals surface area (Å²) in [5, 5.41) is 13.4. The topological polar surface area (TPSA) is 82.2 Å². The number of H-pyrrole nitrogens is 1. The molecule has 2 aromatic heterocycles. The zero-order valence-corrected chi connectivity index (χ0v) is 11.4. The van der Waals surface area contributed by atoms with Gasteiger partial charge in [-0.25, -0.2) is 4.79 Å². The highest BCUT2D eigenvalue weighted by Gasteiger charge is 2.23. The molecule has 3 N–H and O–H groups in total. The summed E-state index contributed by atoms with van der Waals surface area (Å²) in [6.07, 6.45) is 1.61. The van der Waals surface area contributed by atoms with E-state index >= 15 is 0 Å². The van der Waals surface area contributed by atoms with Crippen molar-refractivity contribution in [3.05, 3.63) is 44.8 Å². The summed E-state index contributed by atoms with van der Waals surface area (Å²) in [6, 6.07) is 3.98. The molecule has 0 aliphatic heterocycles. The average Bonchev–Trinajstić information content (AvgIpc) is 2.95. The van der Waals surface area contributed by atoms with Crippen LogP contribution in [-0.2, 0) is 4.79 Å². The molecule has 0 aromatic carbocycles. The minimum atomic E-state index is -1.09. The highest BCUT2D eigenvalue weighted by Crippen LogP contribution is 2.20. The van der Waals surface area contributed by atoms with Gasteiger partial charge in [0.1, 0.15) is 5.69 Å². The Bertz CT molecular complexity index is 565. The molecule has 5 nitrogen and oxygen atoms in total. The van der Waals surface area contributed by atoms with Crippen LogP contribution in [0.3, 0.4) is 0 Å². The monoisotopic (exact) mass is 328 g/mol. The number of halogens is 1. The Morgan fingerprint density at radius 3 is 2.78 bits per heavy atom. The Hall–Kier alpha value is -1.60. The quantitative estimate of drug-likeness (QED) is 0.805. The summed E-state index contributed by atoms with van der Waals surface area (Å²) in [5.41, 5.74) is 0.310. The molecule has 0 aliphatic rings. The molecule has 1 amide bonds. The molecular formula is C11H9BrN2O3S. The minimum absolute atomic E-state index is 0.310. The van der Waals surface area contributed by atoms with Crippen molar-refractivity contribution in [1.29, 1.82) is 0 Å². The lowest BCUT2D eigenvalue weighted by molar-refractivity contribution is -0.139. The molecule has 1 unspecified atom stereocenters. The van der Waals surface area contributed by atoms with E-state index in [4.69, 9.17) is 5.11 Å². The van der Waals surface area contributed by atoms with Crippen LogP contribution in [0.5, 0.6) is 0 Å². The number of carbonyl (C=O) groups is 2. The van der Waals surface area contributed by atoms with E-state index in [1.807, 2.05) is 0 Å². The minimum Gasteiger partial charge on any atom is -0.479 e. The summed E-state index contributed by atoms with van der Waals surface area (Å²) < 4.78 is 0.732. The van der Waals surface area contributed by atoms with Gasteiger partial charge in [-0.1, -0.05) is 6.07 Å². The summed E-state index contributed by atoms with van der Waals surface area (Å²) in [5.74, 6) is -1.54. The first-order valence-corrected chi connectivity index (χ1v) is 6.66. The summed E-state index contributed by atoms with van der Waals surface area (Å²) >= 11 is 4.50. The van der Waals surface area contributed by atoms with E-state index in [2.05, 4.69) is 26.2 Å². The molecule has 0 radical (unpaired) electrons. The van der Waals surface area contributed by atoms with Gasteiger partial charge in [-0.2, -0.15) is 0 Å². The molecule has 2 heterocycles. The van der Waals surface area contributed by atoms with Crippen molar-refractivity contribution in [3.8, 4) is 0 Å². The van der Waals surface area contributed by atoms with E-state index in [1.54, 1.807) is 29.8 Å². The maximum absolute atomic E-state index is 11.8. The number of rotatable bonds is 4. The smallest absolute Gasteiger partial charge is 0.331 e. The lowest BCUT2D eigenvalue weighted by Gasteiger charge is -2.11. The molecule has 1 atom stereocenters. The van der Waals surface area contributed by atoms with Crippen LogP contribution in [0.2, 0.25) is 0 Å². The third-order valence-corrected chi connectivity index (χ3v) is 3.64. The van der Waals surface area contributed by atoms with Crippen LogP contribution in [0.15, 0.2) is 34.2 Å². The molecule has 0 bridgehead atoms. The first-order valence-electron chi connectivity index (χ1n) is 4.99. The number of carbonyl (C=O) groups excluding carboxylic acids is 1. The Labute approximate surface area is 115 Å². The molecule has 0 spiro atoms. The molecule has 0 saturated carbocycles. The molecule has 0 saturated heterocycles. The highest BCUT2D eigenvalue weighted by atomic mass is 79.9. The Balaban J connectivity index is 2.15. The van der Waals surface area contributed by atoms with Gasteiger partial charge in [-0.15, -0.1) is 11.3 Å². The fourth-order valence-corrected chi connectivity index (χ4v) is 2.53. The van der Waals surface area contributed by atoms with Crippen LogP contribution in [0.1, 0.15) is 21.4 Å². The largest absolute Gasteiger partial charge is 0.479 e. The number of carboxylic acids is 1. The second-order valence-electron chi connectivity index (χ2n) is 3.49. The average molecular weight is 329 g/mol. The first kappa shape index (κ1) is 12.8. The van der Waals surface area contributed by atoms with Crippen molar-refractivity contribution >= 4 is 39.1 Å². The number of aromatic amines is 1. The van der Waals surface area contributed by atoms with E-state index in [0.717, 1.165) is 4.47 Å². The molecule has 94 valence electrons. The van der Waals surface area contributed by atoms with Gasteiger partial charge in [0.25, 0.3) is 5.91 Å². The van der Waals surface area contributed by atoms with Crippen molar-refractivity contribution < 1.29 is 14.7 Å². The SMILES string of the molecule is O=C(NC(C(=O)O)c1cccs1)c1cc(Br)c[nH]1. The summed E-state index contributed by atoms with van der Waals surface area (Å²) in [6.45, 7) is 0. The van der Waals surface area contributed by atoms with Crippen LogP contribution < -0.4 is 5.32 Å². The molecule has 18 heavy (non-hydrogen) atoms. The Kier molecular flexibility index (Phi) is 3.83. The molecule has 0 fully saturated rings. The van der Waals surface area contributed by atoms with E-state index in [9.17, 15) is 9.59 Å². The zero-order valence-electron chi connectivity index (χ0n) is 9.01. The van der Waals surface area contributed by atoms with Gasteiger partial charge in [0.2, 0.25) is 0 Å². The normalized spacial score (nSPS) is 12.1. The van der Waals surface area contributed by atoms with Crippen LogP contribution in [0, 0.1) is 0 Å². The van der Waals surface area contributed by atoms with Gasteiger partial charge >= 0.3 is 5.97 Å². The number of hydrogen-bond donors (Lipinski definition) is 3. The number of aromatic nitrogens is 1. The third-order valence-electron chi connectivity index (χ3n) is 2.24. The summed E-state index contributed by atoms with van der Waals surface area (Å²) in [4.78, 5) is 26.3. The predicted molar refractivity (Wildman–Crippen MR) is 70.7 cm³/mol. The lowest BCUT2D eigenvalue weighted by atomic mass is 10.2. The van der Waals surface area contributed by atoms with Gasteiger partial charge in [-0.05, 0) is 33.4 Å². The van der Waals surface area contributed by atoms with E-state index in [0.29, 0.717) is 10.6 Å².